The monoisotopic (exact) mass is 885 g/mol. The Kier molecular flexibility index (Phi) is 10.8. The lowest BCUT2D eigenvalue weighted by Gasteiger charge is -2.19. The van der Waals surface area contributed by atoms with E-state index in [0.717, 1.165) is 94.9 Å². The van der Waals surface area contributed by atoms with E-state index in [1.165, 1.54) is 16.7 Å². The van der Waals surface area contributed by atoms with Crippen molar-refractivity contribution in [1.29, 1.82) is 5.26 Å². The van der Waals surface area contributed by atoms with E-state index in [4.69, 9.17) is 9.97 Å². The summed E-state index contributed by atoms with van der Waals surface area (Å²) in [4.78, 5) is 27.8. The SMILES string of the molecule is CC(C)(C)c1ccc(-c2c3nc(c(-c4ccc(C(C)(C)C)cc4)c4ccc([nH]4)c(-c4ccc(C(C)(C)C)cc4)c4nc(c(-c5ccc(-c6ncc(C#N)cn6)cc5)c5ccc2[nH]5)C=C4)C=C3)cc1. The van der Waals surface area contributed by atoms with Crippen LogP contribution in [-0.2, 0) is 16.2 Å². The second kappa shape index (κ2) is 16.7. The minimum atomic E-state index is 0.000484. The van der Waals surface area contributed by atoms with Gasteiger partial charge in [0.2, 0.25) is 0 Å². The number of aromatic amines is 2. The van der Waals surface area contributed by atoms with E-state index in [2.05, 4.69) is 222 Å². The first-order chi connectivity index (χ1) is 32.5. The van der Waals surface area contributed by atoms with Crippen LogP contribution < -0.4 is 0 Å². The standard InChI is InChI=1S/C61H55N7/c1-59(2,3)43-20-14-39(15-21-43)55-48-28-26-46(65-48)54(38-10-12-42(13-11-38)58-63-35-37(34-62)36-64-58)47-27-29-49(66-47)56(40-16-22-44(23-17-40)60(4,5)6)51-31-33-53(68-51)57(52-32-30-50(55)67-52)41-18-24-45(25-19-41)61(7,8)9/h10-33,35-36,65,68H,1-9H3. The third kappa shape index (κ3) is 8.39. The molecule has 2 N–H and O–H groups in total. The number of hydrogen-bond acceptors (Lipinski definition) is 5. The molecule has 8 aromatic rings. The molecule has 7 nitrogen and oxygen atoms in total. The van der Waals surface area contributed by atoms with Crippen molar-refractivity contribution in [2.24, 2.45) is 0 Å². The first kappa shape index (κ1) is 43.9. The highest BCUT2D eigenvalue weighted by atomic mass is 14.9. The van der Waals surface area contributed by atoms with Crippen LogP contribution >= 0.6 is 0 Å². The van der Waals surface area contributed by atoms with Gasteiger partial charge in [-0.1, -0.05) is 159 Å². The summed E-state index contributed by atoms with van der Waals surface area (Å²) >= 11 is 0. The number of benzene rings is 4. The second-order valence-electron chi connectivity index (χ2n) is 21.0. The highest BCUT2D eigenvalue weighted by Crippen LogP contribution is 2.40. The first-order valence-corrected chi connectivity index (χ1v) is 23.3. The quantitative estimate of drug-likeness (QED) is 0.179. The number of H-pyrrole nitrogens is 2. The van der Waals surface area contributed by atoms with Crippen LogP contribution in [0.3, 0.4) is 0 Å². The second-order valence-corrected chi connectivity index (χ2v) is 21.0. The maximum Gasteiger partial charge on any atom is 0.159 e. The van der Waals surface area contributed by atoms with E-state index < -0.39 is 0 Å². The lowest BCUT2D eigenvalue weighted by Crippen LogP contribution is -2.10. The van der Waals surface area contributed by atoms with E-state index in [1.54, 1.807) is 12.4 Å². The van der Waals surface area contributed by atoms with Crippen molar-refractivity contribution < 1.29 is 0 Å². The van der Waals surface area contributed by atoms with Crippen molar-refractivity contribution in [3.63, 3.8) is 0 Å². The van der Waals surface area contributed by atoms with Crippen LogP contribution in [0.25, 0.3) is 102 Å². The van der Waals surface area contributed by atoms with E-state index in [9.17, 15) is 5.26 Å². The van der Waals surface area contributed by atoms with Gasteiger partial charge in [-0.15, -0.1) is 0 Å². The molecule has 6 heterocycles. The molecule has 0 unspecified atom stereocenters. The molecular weight excluding hydrogens is 831 g/mol. The summed E-state index contributed by atoms with van der Waals surface area (Å²) in [5.41, 5.74) is 20.4. The average molecular weight is 886 g/mol. The van der Waals surface area contributed by atoms with E-state index in [-0.39, 0.29) is 16.2 Å². The molecule has 0 spiro atoms. The Morgan fingerprint density at radius 2 is 0.632 bits per heavy atom. The van der Waals surface area contributed by atoms with Gasteiger partial charge in [0.15, 0.2) is 5.82 Å². The van der Waals surface area contributed by atoms with Crippen LogP contribution in [0.2, 0.25) is 0 Å². The van der Waals surface area contributed by atoms with Gasteiger partial charge in [0.05, 0.1) is 28.3 Å². The van der Waals surface area contributed by atoms with Gasteiger partial charge in [-0.25, -0.2) is 19.9 Å². The molecule has 0 fully saturated rings. The molecule has 2 aliphatic rings. The summed E-state index contributed by atoms with van der Waals surface area (Å²) in [6, 6.07) is 45.8. The predicted octanol–water partition coefficient (Wildman–Crippen LogP) is 15.5. The Hall–Kier alpha value is -7.95. The summed E-state index contributed by atoms with van der Waals surface area (Å²) < 4.78 is 0. The van der Waals surface area contributed by atoms with Crippen LogP contribution in [0.1, 0.15) is 107 Å². The Balaban J connectivity index is 1.30. The lowest BCUT2D eigenvalue weighted by molar-refractivity contribution is 0.590. The summed E-state index contributed by atoms with van der Waals surface area (Å²) in [7, 11) is 0. The molecule has 4 aromatic carbocycles. The fourth-order valence-electron chi connectivity index (χ4n) is 9.15. The minimum Gasteiger partial charge on any atom is -0.354 e. The number of rotatable bonds is 5. The molecule has 0 amide bonds. The zero-order valence-corrected chi connectivity index (χ0v) is 40.2. The zero-order valence-electron chi connectivity index (χ0n) is 40.2. The van der Waals surface area contributed by atoms with Gasteiger partial charge in [-0.05, 0) is 104 Å². The smallest absolute Gasteiger partial charge is 0.159 e. The van der Waals surface area contributed by atoms with Gasteiger partial charge in [-0.2, -0.15) is 5.26 Å². The maximum atomic E-state index is 9.35. The van der Waals surface area contributed by atoms with Crippen LogP contribution in [0, 0.1) is 11.3 Å². The van der Waals surface area contributed by atoms with Crippen molar-refractivity contribution in [3.05, 3.63) is 179 Å². The summed E-state index contributed by atoms with van der Waals surface area (Å²) in [5.74, 6) is 0.553. The molecule has 8 bridgehead atoms. The van der Waals surface area contributed by atoms with E-state index in [1.807, 2.05) is 12.1 Å². The van der Waals surface area contributed by atoms with Gasteiger partial charge in [-0.3, -0.25) is 0 Å². The highest BCUT2D eigenvalue weighted by Gasteiger charge is 2.22. The molecule has 7 heteroatoms. The average Bonchev–Trinajstić information content (AvgIpc) is 4.18. The van der Waals surface area contributed by atoms with Crippen molar-refractivity contribution >= 4 is 46.4 Å². The highest BCUT2D eigenvalue weighted by molar-refractivity contribution is 6.00. The predicted molar refractivity (Wildman–Crippen MR) is 282 cm³/mol. The lowest BCUT2D eigenvalue weighted by atomic mass is 9.86. The molecule has 68 heavy (non-hydrogen) atoms. The molecule has 334 valence electrons. The van der Waals surface area contributed by atoms with Crippen molar-refractivity contribution in [1.82, 2.24) is 29.9 Å². The third-order valence-electron chi connectivity index (χ3n) is 13.1. The van der Waals surface area contributed by atoms with Gasteiger partial charge < -0.3 is 9.97 Å². The molecule has 0 saturated carbocycles. The van der Waals surface area contributed by atoms with E-state index >= 15 is 0 Å². The zero-order chi connectivity index (χ0) is 47.5. The third-order valence-corrected chi connectivity index (χ3v) is 13.1. The molecule has 0 radical (unpaired) electrons. The van der Waals surface area contributed by atoms with E-state index in [0.29, 0.717) is 11.4 Å². The van der Waals surface area contributed by atoms with Crippen LogP contribution in [-0.4, -0.2) is 29.9 Å². The normalized spacial score (nSPS) is 12.6. The fraction of sp³-hybridized carbons (Fsp3) is 0.197. The van der Waals surface area contributed by atoms with Gasteiger partial charge in [0.1, 0.15) is 6.07 Å². The fourth-order valence-corrected chi connectivity index (χ4v) is 9.15. The van der Waals surface area contributed by atoms with Crippen molar-refractivity contribution in [2.75, 3.05) is 0 Å². The molecule has 0 atom stereocenters. The topological polar surface area (TPSA) is 107 Å². The van der Waals surface area contributed by atoms with Gasteiger partial charge in [0.25, 0.3) is 0 Å². The maximum absolute atomic E-state index is 9.35. The number of nitriles is 1. The Morgan fingerprint density at radius 3 is 0.897 bits per heavy atom. The van der Waals surface area contributed by atoms with Crippen molar-refractivity contribution in [2.45, 2.75) is 78.6 Å². The summed E-state index contributed by atoms with van der Waals surface area (Å²) in [6.07, 6.45) is 11.7. The Bertz CT molecular complexity index is 3450. The van der Waals surface area contributed by atoms with Gasteiger partial charge in [0, 0.05) is 62.3 Å². The number of fused-ring (bicyclic) bond motifs is 8. The van der Waals surface area contributed by atoms with Crippen LogP contribution in [0.15, 0.2) is 134 Å². The van der Waals surface area contributed by atoms with Crippen molar-refractivity contribution in [3.8, 4) is 62.0 Å². The summed E-state index contributed by atoms with van der Waals surface area (Å²) in [5, 5.41) is 9.35. The first-order valence-electron chi connectivity index (χ1n) is 23.3. The number of aromatic nitrogens is 6. The molecule has 4 aromatic heterocycles. The molecule has 2 aliphatic heterocycles. The van der Waals surface area contributed by atoms with Crippen LogP contribution in [0.5, 0.6) is 0 Å². The number of nitrogens with zero attached hydrogens (tertiary/aromatic N) is 5. The molecule has 0 saturated heterocycles. The molecular formula is C61H55N7. The largest absolute Gasteiger partial charge is 0.354 e. The Labute approximate surface area is 399 Å². The number of nitrogens with one attached hydrogen (secondary N) is 2. The van der Waals surface area contributed by atoms with Crippen LogP contribution in [0.4, 0.5) is 0 Å². The Morgan fingerprint density at radius 1 is 0.368 bits per heavy atom. The molecule has 0 aliphatic carbocycles. The molecule has 10 rings (SSSR count). The van der Waals surface area contributed by atoms with Gasteiger partial charge >= 0.3 is 0 Å². The number of hydrogen-bond donors (Lipinski definition) is 2. The summed E-state index contributed by atoms with van der Waals surface area (Å²) in [6.45, 7) is 20.2. The minimum absolute atomic E-state index is 0.000484.